The van der Waals surface area contributed by atoms with Crippen molar-refractivity contribution >= 4 is 11.8 Å². The molecule has 0 bridgehead atoms. The summed E-state index contributed by atoms with van der Waals surface area (Å²) in [6.07, 6.45) is 4.24. The summed E-state index contributed by atoms with van der Waals surface area (Å²) in [6.45, 7) is 7.57. The molecule has 1 saturated heterocycles. The van der Waals surface area contributed by atoms with Crippen LogP contribution in [0.15, 0.2) is 12.0 Å². The normalized spacial score (nSPS) is 20.0. The zero-order chi connectivity index (χ0) is 7.94. The summed E-state index contributed by atoms with van der Waals surface area (Å²) in [5.74, 6) is 1.21. The lowest BCUT2D eigenvalue weighted by Crippen LogP contribution is -2.31. The summed E-state index contributed by atoms with van der Waals surface area (Å²) in [7, 11) is 0. The van der Waals surface area contributed by atoms with Gasteiger partial charge in [-0.25, -0.2) is 0 Å². The van der Waals surface area contributed by atoms with Gasteiger partial charge in [0.05, 0.1) is 0 Å². The van der Waals surface area contributed by atoms with Crippen LogP contribution in [0, 0.1) is 0 Å². The van der Waals surface area contributed by atoms with Crippen molar-refractivity contribution < 1.29 is 0 Å². The van der Waals surface area contributed by atoms with Crippen LogP contribution in [0.4, 0.5) is 0 Å². The van der Waals surface area contributed by atoms with Gasteiger partial charge in [-0.05, 0) is 31.3 Å². The van der Waals surface area contributed by atoms with Gasteiger partial charge in [0.1, 0.15) is 0 Å². The summed E-state index contributed by atoms with van der Waals surface area (Å²) < 4.78 is 0. The number of piperidine rings is 1. The highest BCUT2D eigenvalue weighted by atomic mass is 32.2. The Morgan fingerprint density at radius 3 is 2.64 bits per heavy atom. The van der Waals surface area contributed by atoms with Crippen molar-refractivity contribution in [1.82, 2.24) is 4.90 Å². The van der Waals surface area contributed by atoms with E-state index in [1.807, 2.05) is 17.2 Å². The second kappa shape index (κ2) is 5.67. The first-order valence-electron chi connectivity index (χ1n) is 4.38. The molecule has 0 N–H and O–H groups in total. The van der Waals surface area contributed by atoms with Gasteiger partial charge < -0.3 is 4.90 Å². The van der Waals surface area contributed by atoms with Gasteiger partial charge in [0.15, 0.2) is 0 Å². The molecule has 0 aromatic heterocycles. The molecule has 1 heterocycles. The van der Waals surface area contributed by atoms with E-state index in [4.69, 9.17) is 0 Å². The zero-order valence-corrected chi connectivity index (χ0v) is 7.91. The lowest BCUT2D eigenvalue weighted by molar-refractivity contribution is 0.242. The van der Waals surface area contributed by atoms with E-state index in [2.05, 4.69) is 11.5 Å². The molecule has 1 nitrogen and oxygen atoms in total. The second-order valence-electron chi connectivity index (χ2n) is 2.94. The molecule has 0 aliphatic carbocycles. The molecule has 0 amide bonds. The standard InChI is InChI=1S/C9H17NS/c1-2-11-9-8-10-6-4-3-5-7-10/h2H,1,3-9H2. The molecule has 11 heavy (non-hydrogen) atoms. The van der Waals surface area contributed by atoms with Crippen LogP contribution in [0.1, 0.15) is 19.3 Å². The molecule has 1 aliphatic rings. The van der Waals surface area contributed by atoms with Crippen molar-refractivity contribution in [2.45, 2.75) is 19.3 Å². The highest BCUT2D eigenvalue weighted by Gasteiger charge is 2.08. The molecule has 0 unspecified atom stereocenters. The number of rotatable bonds is 4. The maximum absolute atomic E-state index is 3.69. The monoisotopic (exact) mass is 171 g/mol. The first-order valence-corrected chi connectivity index (χ1v) is 5.43. The molecular formula is C9H17NS. The van der Waals surface area contributed by atoms with Crippen LogP contribution in [0.2, 0.25) is 0 Å². The fourth-order valence-corrected chi connectivity index (χ4v) is 1.98. The first kappa shape index (κ1) is 9.14. The third-order valence-corrected chi connectivity index (χ3v) is 2.75. The average Bonchev–Trinajstić information content (AvgIpc) is 2.07. The van der Waals surface area contributed by atoms with Crippen molar-refractivity contribution in [1.29, 1.82) is 0 Å². The topological polar surface area (TPSA) is 3.24 Å². The van der Waals surface area contributed by atoms with Gasteiger partial charge in [-0.15, -0.1) is 11.8 Å². The minimum absolute atomic E-state index is 1.21. The van der Waals surface area contributed by atoms with Crippen molar-refractivity contribution in [3.05, 3.63) is 12.0 Å². The lowest BCUT2D eigenvalue weighted by atomic mass is 10.1. The molecule has 0 atom stereocenters. The van der Waals surface area contributed by atoms with Gasteiger partial charge in [0.25, 0.3) is 0 Å². The quantitative estimate of drug-likeness (QED) is 0.597. The maximum Gasteiger partial charge on any atom is 0.0102 e. The zero-order valence-electron chi connectivity index (χ0n) is 7.09. The highest BCUT2D eigenvalue weighted by Crippen LogP contribution is 2.09. The van der Waals surface area contributed by atoms with Gasteiger partial charge >= 0.3 is 0 Å². The molecule has 0 aromatic carbocycles. The Morgan fingerprint density at radius 1 is 1.27 bits per heavy atom. The summed E-state index contributed by atoms with van der Waals surface area (Å²) in [5, 5.41) is 1.93. The molecular weight excluding hydrogens is 154 g/mol. The molecule has 0 radical (unpaired) electrons. The summed E-state index contributed by atoms with van der Waals surface area (Å²) in [5.41, 5.74) is 0. The van der Waals surface area contributed by atoms with Crippen LogP contribution in [-0.4, -0.2) is 30.3 Å². The van der Waals surface area contributed by atoms with Crippen LogP contribution in [-0.2, 0) is 0 Å². The van der Waals surface area contributed by atoms with Gasteiger partial charge in [-0.1, -0.05) is 13.0 Å². The Labute approximate surface area is 73.8 Å². The molecule has 2 heteroatoms. The molecule has 0 saturated carbocycles. The Balaban J connectivity index is 2.00. The van der Waals surface area contributed by atoms with Crippen molar-refractivity contribution in [3.63, 3.8) is 0 Å². The van der Waals surface area contributed by atoms with E-state index in [1.54, 1.807) is 0 Å². The number of hydrogen-bond donors (Lipinski definition) is 0. The number of hydrogen-bond acceptors (Lipinski definition) is 2. The van der Waals surface area contributed by atoms with E-state index in [1.165, 1.54) is 44.6 Å². The molecule has 0 spiro atoms. The highest BCUT2D eigenvalue weighted by molar-refractivity contribution is 8.02. The Bertz CT molecular complexity index is 108. The fraction of sp³-hybridized carbons (Fsp3) is 0.778. The SMILES string of the molecule is C=CSCCN1CCCCC1. The molecule has 1 aliphatic heterocycles. The third kappa shape index (κ3) is 3.82. The number of thioether (sulfide) groups is 1. The summed E-state index contributed by atoms with van der Waals surface area (Å²) >= 11 is 1.82. The van der Waals surface area contributed by atoms with Crippen molar-refractivity contribution in [3.8, 4) is 0 Å². The minimum atomic E-state index is 1.21. The van der Waals surface area contributed by atoms with Crippen molar-refractivity contribution in [2.75, 3.05) is 25.4 Å². The molecule has 1 fully saturated rings. The van der Waals surface area contributed by atoms with E-state index in [9.17, 15) is 0 Å². The van der Waals surface area contributed by atoms with Crippen LogP contribution in [0.5, 0.6) is 0 Å². The van der Waals surface area contributed by atoms with E-state index >= 15 is 0 Å². The van der Waals surface area contributed by atoms with E-state index < -0.39 is 0 Å². The predicted octanol–water partition coefficient (Wildman–Crippen LogP) is 2.35. The molecule has 64 valence electrons. The second-order valence-corrected chi connectivity index (χ2v) is 4.01. The molecule has 1 rings (SSSR count). The average molecular weight is 171 g/mol. The number of nitrogens with zero attached hydrogens (tertiary/aromatic N) is 1. The van der Waals surface area contributed by atoms with Crippen LogP contribution in [0.3, 0.4) is 0 Å². The number of likely N-dealkylation sites (tertiary alicyclic amines) is 1. The third-order valence-electron chi connectivity index (χ3n) is 2.09. The van der Waals surface area contributed by atoms with E-state index in [0.29, 0.717) is 0 Å². The van der Waals surface area contributed by atoms with Gasteiger partial charge in [-0.3, -0.25) is 0 Å². The maximum atomic E-state index is 3.69. The first-order chi connectivity index (χ1) is 5.43. The molecule has 0 aromatic rings. The van der Waals surface area contributed by atoms with Crippen LogP contribution in [0.25, 0.3) is 0 Å². The van der Waals surface area contributed by atoms with Crippen LogP contribution < -0.4 is 0 Å². The van der Waals surface area contributed by atoms with Crippen molar-refractivity contribution in [2.24, 2.45) is 0 Å². The minimum Gasteiger partial charge on any atom is -0.303 e. The van der Waals surface area contributed by atoms with Gasteiger partial charge in [-0.2, -0.15) is 0 Å². The fourth-order valence-electron chi connectivity index (χ4n) is 1.45. The van der Waals surface area contributed by atoms with E-state index in [0.717, 1.165) is 0 Å². The van der Waals surface area contributed by atoms with E-state index in [-0.39, 0.29) is 0 Å². The lowest BCUT2D eigenvalue weighted by Gasteiger charge is -2.25. The Hall–Kier alpha value is 0.0500. The van der Waals surface area contributed by atoms with Crippen LogP contribution >= 0.6 is 11.8 Å². The Kier molecular flexibility index (Phi) is 4.71. The summed E-state index contributed by atoms with van der Waals surface area (Å²) in [4.78, 5) is 2.56. The summed E-state index contributed by atoms with van der Waals surface area (Å²) in [6, 6.07) is 0. The predicted molar refractivity (Wildman–Crippen MR) is 52.9 cm³/mol. The smallest absolute Gasteiger partial charge is 0.0102 e. The van der Waals surface area contributed by atoms with Gasteiger partial charge in [0, 0.05) is 12.3 Å². The Morgan fingerprint density at radius 2 is 2.00 bits per heavy atom. The van der Waals surface area contributed by atoms with Gasteiger partial charge in [0.2, 0.25) is 0 Å². The largest absolute Gasteiger partial charge is 0.303 e.